The van der Waals surface area contributed by atoms with Crippen molar-refractivity contribution in [1.82, 2.24) is 15.1 Å². The Balaban J connectivity index is 1.70. The van der Waals surface area contributed by atoms with Gasteiger partial charge in [0, 0.05) is 17.7 Å². The predicted octanol–water partition coefficient (Wildman–Crippen LogP) is 4.85. The average Bonchev–Trinajstić information content (AvgIpc) is 3.31. The number of carbonyl (C=O) groups excluding carboxylic acids is 1. The number of aryl methyl sites for hydroxylation is 2. The number of rotatable bonds is 4. The molecule has 6 heteroatoms. The zero-order valence-corrected chi connectivity index (χ0v) is 17.8. The van der Waals surface area contributed by atoms with Gasteiger partial charge in [-0.05, 0) is 54.3 Å². The zero-order valence-electron chi connectivity index (χ0n) is 17.8. The van der Waals surface area contributed by atoms with Crippen molar-refractivity contribution in [2.24, 2.45) is 0 Å². The van der Waals surface area contributed by atoms with Gasteiger partial charge in [0.25, 0.3) is 5.91 Å². The second kappa shape index (κ2) is 7.57. The van der Waals surface area contributed by atoms with E-state index >= 15 is 0 Å². The molecule has 0 aliphatic carbocycles. The van der Waals surface area contributed by atoms with Gasteiger partial charge in [0.15, 0.2) is 0 Å². The third-order valence-corrected chi connectivity index (χ3v) is 5.95. The van der Waals surface area contributed by atoms with Crippen molar-refractivity contribution in [3.05, 3.63) is 100 Å². The van der Waals surface area contributed by atoms with Crippen LogP contribution in [0.4, 0.5) is 0 Å². The number of amides is 1. The SMILES string of the molecule is Cc1cc(C)c(O)c(-c2n[nH]c3c2[C@@H](c2cccc(O)c2)N(Cc2ccccc2)C3=O)c1. The Morgan fingerprint density at radius 2 is 1.78 bits per heavy atom. The number of hydrogen-bond donors (Lipinski definition) is 3. The molecule has 0 bridgehead atoms. The summed E-state index contributed by atoms with van der Waals surface area (Å²) < 4.78 is 0. The molecule has 1 aromatic heterocycles. The number of fused-ring (bicyclic) bond motifs is 1. The molecule has 1 amide bonds. The Morgan fingerprint density at radius 3 is 2.53 bits per heavy atom. The van der Waals surface area contributed by atoms with Gasteiger partial charge in [-0.25, -0.2) is 0 Å². The summed E-state index contributed by atoms with van der Waals surface area (Å²) in [6, 6.07) is 20.0. The van der Waals surface area contributed by atoms with Gasteiger partial charge in [-0.3, -0.25) is 9.89 Å². The molecule has 2 heterocycles. The van der Waals surface area contributed by atoms with Crippen LogP contribution in [-0.2, 0) is 6.54 Å². The summed E-state index contributed by atoms with van der Waals surface area (Å²) in [5, 5.41) is 28.3. The number of phenolic OH excluding ortho intramolecular Hbond substituents is 2. The third kappa shape index (κ3) is 3.21. The third-order valence-electron chi connectivity index (χ3n) is 5.95. The molecule has 1 aliphatic rings. The topological polar surface area (TPSA) is 89.4 Å². The first-order valence-corrected chi connectivity index (χ1v) is 10.5. The molecule has 4 aromatic rings. The van der Waals surface area contributed by atoms with Crippen molar-refractivity contribution < 1.29 is 15.0 Å². The fourth-order valence-electron chi connectivity index (χ4n) is 4.53. The quantitative estimate of drug-likeness (QED) is 0.436. The standard InChI is InChI=1S/C26H23N3O3/c1-15-11-16(2)25(31)20(12-15)22-21-23(28-27-22)26(32)29(14-17-7-4-3-5-8-17)24(21)18-9-6-10-19(30)13-18/h3-13,24,30-31H,14H2,1-2H3,(H,27,28)/t24-/m1/s1. The fraction of sp³-hybridized carbons (Fsp3) is 0.154. The Hall–Kier alpha value is -4.06. The van der Waals surface area contributed by atoms with Crippen LogP contribution >= 0.6 is 0 Å². The van der Waals surface area contributed by atoms with Gasteiger partial charge in [-0.2, -0.15) is 5.10 Å². The number of phenols is 2. The molecule has 1 atom stereocenters. The fourth-order valence-corrected chi connectivity index (χ4v) is 4.53. The lowest BCUT2D eigenvalue weighted by Crippen LogP contribution is -2.29. The number of benzene rings is 3. The van der Waals surface area contributed by atoms with E-state index in [1.54, 1.807) is 23.1 Å². The van der Waals surface area contributed by atoms with Crippen LogP contribution in [0.15, 0.2) is 66.7 Å². The van der Waals surface area contributed by atoms with Gasteiger partial charge >= 0.3 is 0 Å². The molecule has 1 aliphatic heterocycles. The maximum Gasteiger partial charge on any atom is 0.273 e. The summed E-state index contributed by atoms with van der Waals surface area (Å²) in [4.78, 5) is 15.2. The molecule has 6 nitrogen and oxygen atoms in total. The number of aromatic amines is 1. The van der Waals surface area contributed by atoms with E-state index in [-0.39, 0.29) is 17.4 Å². The summed E-state index contributed by atoms with van der Waals surface area (Å²) in [5.41, 5.74) is 5.75. The van der Waals surface area contributed by atoms with Crippen LogP contribution in [0, 0.1) is 13.8 Å². The molecular weight excluding hydrogens is 402 g/mol. The highest BCUT2D eigenvalue weighted by Crippen LogP contribution is 2.46. The van der Waals surface area contributed by atoms with Crippen LogP contribution in [0.5, 0.6) is 11.5 Å². The largest absolute Gasteiger partial charge is 0.508 e. The van der Waals surface area contributed by atoms with Gasteiger partial charge in [0.05, 0.1) is 6.04 Å². The number of aromatic nitrogens is 2. The van der Waals surface area contributed by atoms with Crippen molar-refractivity contribution in [3.63, 3.8) is 0 Å². The summed E-state index contributed by atoms with van der Waals surface area (Å²) in [6.07, 6.45) is 0. The molecule has 0 saturated carbocycles. The first-order chi connectivity index (χ1) is 15.4. The van der Waals surface area contributed by atoms with Crippen LogP contribution < -0.4 is 0 Å². The monoisotopic (exact) mass is 425 g/mol. The molecule has 0 unspecified atom stereocenters. The Kier molecular flexibility index (Phi) is 4.70. The van der Waals surface area contributed by atoms with Crippen molar-refractivity contribution in [2.45, 2.75) is 26.4 Å². The minimum absolute atomic E-state index is 0.127. The Morgan fingerprint density at radius 1 is 1.00 bits per heavy atom. The van der Waals surface area contributed by atoms with Crippen LogP contribution in [-0.4, -0.2) is 31.2 Å². The van der Waals surface area contributed by atoms with Crippen molar-refractivity contribution in [2.75, 3.05) is 0 Å². The van der Waals surface area contributed by atoms with Crippen molar-refractivity contribution >= 4 is 5.91 Å². The normalized spacial score (nSPS) is 15.2. The Bertz CT molecular complexity index is 1330. The van der Waals surface area contributed by atoms with Gasteiger partial charge in [0.2, 0.25) is 0 Å². The molecule has 0 spiro atoms. The van der Waals surface area contributed by atoms with Crippen LogP contribution in [0.2, 0.25) is 0 Å². The van der Waals surface area contributed by atoms with E-state index in [2.05, 4.69) is 10.2 Å². The lowest BCUT2D eigenvalue weighted by Gasteiger charge is -2.26. The molecule has 3 aromatic carbocycles. The average molecular weight is 425 g/mol. The second-order valence-electron chi connectivity index (χ2n) is 8.26. The van der Waals surface area contributed by atoms with Crippen LogP contribution in [0.1, 0.15) is 44.3 Å². The van der Waals surface area contributed by atoms with E-state index < -0.39 is 6.04 Å². The number of aromatic hydroxyl groups is 2. The summed E-state index contributed by atoms with van der Waals surface area (Å²) in [7, 11) is 0. The zero-order chi connectivity index (χ0) is 22.4. The molecule has 3 N–H and O–H groups in total. The van der Waals surface area contributed by atoms with Crippen LogP contribution in [0.25, 0.3) is 11.3 Å². The van der Waals surface area contributed by atoms with Crippen molar-refractivity contribution in [3.8, 4) is 22.8 Å². The highest BCUT2D eigenvalue weighted by atomic mass is 16.3. The van der Waals surface area contributed by atoms with Gasteiger partial charge in [-0.1, -0.05) is 48.5 Å². The maximum atomic E-state index is 13.5. The molecule has 5 rings (SSSR count). The molecule has 0 radical (unpaired) electrons. The summed E-state index contributed by atoms with van der Waals surface area (Å²) >= 11 is 0. The summed E-state index contributed by atoms with van der Waals surface area (Å²) in [6.45, 7) is 4.21. The number of nitrogens with zero attached hydrogens (tertiary/aromatic N) is 2. The predicted molar refractivity (Wildman–Crippen MR) is 121 cm³/mol. The van der Waals surface area contributed by atoms with E-state index in [4.69, 9.17) is 0 Å². The first kappa shape index (κ1) is 19.9. The Labute approximate surface area is 185 Å². The highest BCUT2D eigenvalue weighted by Gasteiger charge is 2.42. The van der Waals surface area contributed by atoms with E-state index in [1.165, 1.54) is 0 Å². The van der Waals surface area contributed by atoms with Crippen LogP contribution in [0.3, 0.4) is 0 Å². The maximum absolute atomic E-state index is 13.5. The minimum Gasteiger partial charge on any atom is -0.508 e. The van der Waals surface area contributed by atoms with Crippen molar-refractivity contribution in [1.29, 1.82) is 0 Å². The number of H-pyrrole nitrogens is 1. The van der Waals surface area contributed by atoms with E-state index in [9.17, 15) is 15.0 Å². The summed E-state index contributed by atoms with van der Waals surface area (Å²) in [5.74, 6) is 0.107. The number of carbonyl (C=O) groups is 1. The molecule has 160 valence electrons. The molecule has 0 saturated heterocycles. The van der Waals surface area contributed by atoms with Gasteiger partial charge in [0.1, 0.15) is 22.9 Å². The first-order valence-electron chi connectivity index (χ1n) is 10.5. The lowest BCUT2D eigenvalue weighted by molar-refractivity contribution is 0.0730. The smallest absolute Gasteiger partial charge is 0.273 e. The minimum atomic E-state index is -0.459. The highest BCUT2D eigenvalue weighted by molar-refractivity contribution is 6.00. The van der Waals surface area contributed by atoms with E-state index in [1.807, 2.05) is 62.4 Å². The van der Waals surface area contributed by atoms with Gasteiger partial charge < -0.3 is 15.1 Å². The number of hydrogen-bond acceptors (Lipinski definition) is 4. The van der Waals surface area contributed by atoms with E-state index in [0.717, 1.165) is 22.3 Å². The van der Waals surface area contributed by atoms with E-state index in [0.29, 0.717) is 29.1 Å². The molecule has 32 heavy (non-hydrogen) atoms. The molecular formula is C26H23N3O3. The molecule has 0 fully saturated rings. The lowest BCUT2D eigenvalue weighted by atomic mass is 9.94. The van der Waals surface area contributed by atoms with Gasteiger partial charge in [-0.15, -0.1) is 0 Å². The second-order valence-corrected chi connectivity index (χ2v) is 8.26. The number of nitrogens with one attached hydrogen (secondary N) is 1.